The Balaban J connectivity index is 1.90. The van der Waals surface area contributed by atoms with Gasteiger partial charge < -0.3 is 9.80 Å². The predicted molar refractivity (Wildman–Crippen MR) is 169 cm³/mol. The van der Waals surface area contributed by atoms with Gasteiger partial charge in [-0.1, -0.05) is 44.2 Å². The van der Waals surface area contributed by atoms with E-state index in [4.69, 9.17) is 23.2 Å². The Bertz CT molecular complexity index is 1870. The Kier molecular flexibility index (Phi) is 8.08. The molecule has 10 heteroatoms. The molecule has 2 atom stereocenters. The highest BCUT2D eigenvalue weighted by Gasteiger charge is 2.35. The molecule has 0 saturated carbocycles. The molecule has 1 saturated heterocycles. The number of hydrogen-bond donors (Lipinski definition) is 0. The van der Waals surface area contributed by atoms with Crippen LogP contribution in [0.5, 0.6) is 0 Å². The third kappa shape index (κ3) is 5.06. The van der Waals surface area contributed by atoms with Gasteiger partial charge in [-0.05, 0) is 62.6 Å². The Morgan fingerprint density at radius 1 is 1.19 bits per heavy atom. The Morgan fingerprint density at radius 2 is 1.86 bits per heavy atom. The lowest BCUT2D eigenvalue weighted by Gasteiger charge is -2.45. The predicted octanol–water partition coefficient (Wildman–Crippen LogP) is 6.83. The lowest BCUT2D eigenvalue weighted by molar-refractivity contribution is -0.130. The summed E-state index contributed by atoms with van der Waals surface area (Å²) in [5, 5.41) is 0.644. The van der Waals surface area contributed by atoms with E-state index < -0.39 is 11.4 Å². The zero-order chi connectivity index (χ0) is 31.2. The number of hydrogen-bond acceptors (Lipinski definition) is 5. The first kappa shape index (κ1) is 29.9. The van der Waals surface area contributed by atoms with Crippen LogP contribution >= 0.6 is 11.6 Å². The van der Waals surface area contributed by atoms with Crippen LogP contribution in [0.3, 0.4) is 0 Å². The number of carbonyl (C=O) groups excluding carboxylic acids is 1. The third-order valence-electron chi connectivity index (χ3n) is 7.88. The Hall–Kier alpha value is -4.55. The summed E-state index contributed by atoms with van der Waals surface area (Å²) in [6, 6.07) is 9.17. The maximum atomic E-state index is 15.0. The van der Waals surface area contributed by atoms with Crippen LogP contribution in [0.2, 0.25) is 5.02 Å². The first-order valence-electron chi connectivity index (χ1n) is 14.1. The van der Waals surface area contributed by atoms with Crippen LogP contribution in [0.15, 0.2) is 60.0 Å². The summed E-state index contributed by atoms with van der Waals surface area (Å²) in [6.07, 6.45) is 2.98. The molecule has 5 rings (SSSR count). The number of halogens is 2. The van der Waals surface area contributed by atoms with Crippen molar-refractivity contribution in [2.75, 3.05) is 18.0 Å². The third-order valence-corrected chi connectivity index (χ3v) is 8.17. The number of rotatable bonds is 5. The molecule has 1 aromatic carbocycles. The molecule has 0 unspecified atom stereocenters. The minimum Gasteiger partial charge on any atom is -0.375 e. The van der Waals surface area contributed by atoms with E-state index in [0.29, 0.717) is 35.5 Å². The minimum atomic E-state index is -0.560. The topological polar surface area (TPSA) is 75.7 Å². The van der Waals surface area contributed by atoms with Gasteiger partial charge in [-0.2, -0.15) is 0 Å². The SMILES string of the molecule is [C-]#[N+]c1c(N2C[C@@H](C)N(C(=O)C=C)[C@@H](C)C2)c2cc(Cl)c(-c3ccccc3F)nc2n(-c2c(C)ccnc2C(C)C)c1=O. The smallest absolute Gasteiger partial charge is 0.274 e. The van der Waals surface area contributed by atoms with Crippen molar-refractivity contribution in [3.05, 3.63) is 99.1 Å². The Labute approximate surface area is 254 Å². The molecule has 4 aromatic rings. The van der Waals surface area contributed by atoms with Gasteiger partial charge in [0.05, 0.1) is 34.4 Å². The molecule has 0 aliphatic carbocycles. The molecular formula is C33H32ClFN6O2. The van der Waals surface area contributed by atoms with E-state index in [9.17, 15) is 9.59 Å². The van der Waals surface area contributed by atoms with Crippen LogP contribution in [-0.2, 0) is 4.79 Å². The van der Waals surface area contributed by atoms with E-state index in [0.717, 1.165) is 5.56 Å². The molecule has 220 valence electrons. The van der Waals surface area contributed by atoms with Crippen LogP contribution in [-0.4, -0.2) is 50.5 Å². The van der Waals surface area contributed by atoms with Crippen LogP contribution < -0.4 is 10.5 Å². The molecule has 3 aromatic heterocycles. The largest absolute Gasteiger partial charge is 0.375 e. The fourth-order valence-electron chi connectivity index (χ4n) is 6.06. The van der Waals surface area contributed by atoms with Crippen LogP contribution in [0, 0.1) is 19.3 Å². The molecule has 0 radical (unpaired) electrons. The first-order chi connectivity index (χ1) is 20.5. The molecule has 0 bridgehead atoms. The lowest BCUT2D eigenvalue weighted by atomic mass is 10.0. The van der Waals surface area contributed by atoms with Crippen molar-refractivity contribution in [2.24, 2.45) is 0 Å². The normalized spacial score (nSPS) is 16.9. The van der Waals surface area contributed by atoms with Gasteiger partial charge in [0.15, 0.2) is 0 Å². The number of aromatic nitrogens is 3. The van der Waals surface area contributed by atoms with Gasteiger partial charge in [-0.25, -0.2) is 14.2 Å². The summed E-state index contributed by atoms with van der Waals surface area (Å²) in [5.74, 6) is -0.740. The molecule has 0 N–H and O–H groups in total. The van der Waals surface area contributed by atoms with Gasteiger partial charge >= 0.3 is 0 Å². The quantitative estimate of drug-likeness (QED) is 0.186. The van der Waals surface area contributed by atoms with E-state index in [1.54, 1.807) is 41.4 Å². The van der Waals surface area contributed by atoms with Crippen LogP contribution in [0.25, 0.3) is 32.8 Å². The van der Waals surface area contributed by atoms with Crippen molar-refractivity contribution >= 4 is 39.9 Å². The second kappa shape index (κ2) is 11.6. The van der Waals surface area contributed by atoms with Crippen molar-refractivity contribution in [2.45, 2.75) is 52.6 Å². The number of anilines is 1. The van der Waals surface area contributed by atoms with E-state index in [-0.39, 0.29) is 51.5 Å². The summed E-state index contributed by atoms with van der Waals surface area (Å²) >= 11 is 6.82. The fraction of sp³-hybridized carbons (Fsp3) is 0.303. The molecule has 1 amide bonds. The zero-order valence-corrected chi connectivity index (χ0v) is 25.5. The highest BCUT2D eigenvalue weighted by molar-refractivity contribution is 6.34. The van der Waals surface area contributed by atoms with Gasteiger partial charge in [-0.15, -0.1) is 0 Å². The first-order valence-corrected chi connectivity index (χ1v) is 14.4. The summed E-state index contributed by atoms with van der Waals surface area (Å²) in [5.41, 5.74) is 2.30. The van der Waals surface area contributed by atoms with E-state index in [1.807, 2.05) is 39.5 Å². The molecule has 1 aliphatic heterocycles. The van der Waals surface area contributed by atoms with E-state index >= 15 is 4.39 Å². The van der Waals surface area contributed by atoms with Gasteiger partial charge in [0.2, 0.25) is 5.91 Å². The second-order valence-corrected chi connectivity index (χ2v) is 11.6. The average molecular weight is 599 g/mol. The number of aryl methyl sites for hydroxylation is 1. The van der Waals surface area contributed by atoms with Crippen molar-refractivity contribution < 1.29 is 9.18 Å². The average Bonchev–Trinajstić information content (AvgIpc) is 2.96. The molecule has 0 spiro atoms. The number of piperazine rings is 1. The molecule has 1 fully saturated rings. The number of fused-ring (bicyclic) bond motifs is 1. The highest BCUT2D eigenvalue weighted by Crippen LogP contribution is 2.41. The highest BCUT2D eigenvalue weighted by atomic mass is 35.5. The fourth-order valence-corrected chi connectivity index (χ4v) is 6.31. The molecule has 4 heterocycles. The molecular weight excluding hydrogens is 567 g/mol. The number of benzene rings is 1. The summed E-state index contributed by atoms with van der Waals surface area (Å²) in [7, 11) is 0. The van der Waals surface area contributed by atoms with Crippen molar-refractivity contribution in [1.29, 1.82) is 0 Å². The van der Waals surface area contributed by atoms with Gasteiger partial charge in [0.25, 0.3) is 11.2 Å². The van der Waals surface area contributed by atoms with Crippen LogP contribution in [0.4, 0.5) is 15.8 Å². The summed E-state index contributed by atoms with van der Waals surface area (Å²) < 4.78 is 16.5. The number of carbonyl (C=O) groups is 1. The van der Waals surface area contributed by atoms with E-state index in [2.05, 4.69) is 16.4 Å². The number of amides is 1. The molecule has 43 heavy (non-hydrogen) atoms. The standard InChI is InChI=1S/C33H32ClFN6O2/c1-8-26(42)40-20(5)16-39(17-21(40)6)31-23-15-24(34)28(22-11-9-10-12-25(22)35)38-32(23)41(33(43)29(31)36-7)30-19(4)13-14-37-27(30)18(2)3/h8-15,18,20-21H,1,16-17H2,2-6H3/t20-,21+. The van der Waals surface area contributed by atoms with Gasteiger partial charge in [-0.3, -0.25) is 19.1 Å². The number of pyridine rings is 3. The maximum Gasteiger partial charge on any atom is 0.274 e. The second-order valence-electron chi connectivity index (χ2n) is 11.2. The minimum absolute atomic E-state index is 0.0524. The lowest BCUT2D eigenvalue weighted by Crippen LogP contribution is -2.58. The van der Waals surface area contributed by atoms with E-state index in [1.165, 1.54) is 16.7 Å². The maximum absolute atomic E-state index is 15.0. The summed E-state index contributed by atoms with van der Waals surface area (Å²) in [4.78, 5) is 44.0. The van der Waals surface area contributed by atoms with Crippen molar-refractivity contribution in [3.63, 3.8) is 0 Å². The van der Waals surface area contributed by atoms with Crippen molar-refractivity contribution in [1.82, 2.24) is 19.4 Å². The molecule has 8 nitrogen and oxygen atoms in total. The van der Waals surface area contributed by atoms with Crippen molar-refractivity contribution in [3.8, 4) is 16.9 Å². The number of nitrogens with zero attached hydrogens (tertiary/aromatic N) is 6. The van der Waals surface area contributed by atoms with Gasteiger partial charge in [0.1, 0.15) is 11.5 Å². The zero-order valence-electron chi connectivity index (χ0n) is 24.7. The van der Waals surface area contributed by atoms with Gasteiger partial charge in [0, 0.05) is 42.3 Å². The summed E-state index contributed by atoms with van der Waals surface area (Å²) in [6.45, 7) is 22.2. The van der Waals surface area contributed by atoms with Crippen LogP contribution in [0.1, 0.15) is 44.9 Å². The molecule has 1 aliphatic rings. The Morgan fingerprint density at radius 3 is 2.47 bits per heavy atom. The monoisotopic (exact) mass is 598 g/mol.